The second-order valence-electron chi connectivity index (χ2n) is 8.48. The van der Waals surface area contributed by atoms with Gasteiger partial charge in [-0.15, -0.1) is 11.3 Å². The lowest BCUT2D eigenvalue weighted by Crippen LogP contribution is -2.26. The van der Waals surface area contributed by atoms with Crippen LogP contribution in [-0.4, -0.2) is 39.5 Å². The van der Waals surface area contributed by atoms with Crippen molar-refractivity contribution in [2.24, 2.45) is 5.73 Å². The lowest BCUT2D eigenvalue weighted by Gasteiger charge is -2.18. The Morgan fingerprint density at radius 1 is 1.08 bits per heavy atom. The summed E-state index contributed by atoms with van der Waals surface area (Å²) in [4.78, 5) is 40.7. The van der Waals surface area contributed by atoms with Crippen LogP contribution in [0.3, 0.4) is 0 Å². The van der Waals surface area contributed by atoms with Gasteiger partial charge in [0, 0.05) is 53.3 Å². The van der Waals surface area contributed by atoms with Crippen molar-refractivity contribution >= 4 is 51.5 Å². The van der Waals surface area contributed by atoms with E-state index in [9.17, 15) is 14.4 Å². The second kappa shape index (κ2) is 10.1. The number of fused-ring (bicyclic) bond motifs is 1. The standard InChI is InChI=1S/C27H24N6O3S/c1-32(27(36)17-5-3-2-4-6-17)20-8-7-18-13-25(33(21(18)14-20)12-11-24(28)34)31-26(35)23-10-9-22(37-23)19-15-29-30-16-19/h2-10,13-16H,11-12H2,1H3,(H2,28,34)(H,29,30)(H,31,35). The number of hydrogen-bond acceptors (Lipinski definition) is 5. The van der Waals surface area contributed by atoms with E-state index in [0.29, 0.717) is 21.9 Å². The van der Waals surface area contributed by atoms with Gasteiger partial charge in [0.1, 0.15) is 5.82 Å². The Morgan fingerprint density at radius 3 is 2.62 bits per heavy atom. The molecule has 0 saturated carbocycles. The van der Waals surface area contributed by atoms with E-state index in [-0.39, 0.29) is 24.8 Å². The highest BCUT2D eigenvalue weighted by Gasteiger charge is 2.18. The third-order valence-corrected chi connectivity index (χ3v) is 7.17. The summed E-state index contributed by atoms with van der Waals surface area (Å²) < 4.78 is 1.84. The molecule has 0 unspecified atom stereocenters. The Bertz CT molecular complexity index is 1590. The molecule has 0 saturated heterocycles. The minimum absolute atomic E-state index is 0.0965. The molecule has 0 aliphatic rings. The number of thiophene rings is 1. The molecule has 186 valence electrons. The maximum Gasteiger partial charge on any atom is 0.266 e. The molecule has 5 rings (SSSR count). The number of carbonyl (C=O) groups is 3. The summed E-state index contributed by atoms with van der Waals surface area (Å²) in [5, 5.41) is 10.6. The fourth-order valence-electron chi connectivity index (χ4n) is 4.09. The quantitative estimate of drug-likeness (QED) is 0.283. The van der Waals surface area contributed by atoms with Gasteiger partial charge in [0.2, 0.25) is 5.91 Å². The van der Waals surface area contributed by atoms with E-state index in [0.717, 1.165) is 21.3 Å². The van der Waals surface area contributed by atoms with Crippen LogP contribution in [0, 0.1) is 0 Å². The van der Waals surface area contributed by atoms with Crippen molar-refractivity contribution in [3.05, 3.63) is 89.6 Å². The minimum atomic E-state index is -0.449. The fraction of sp³-hybridized carbons (Fsp3) is 0.111. The van der Waals surface area contributed by atoms with E-state index in [2.05, 4.69) is 15.5 Å². The maximum absolute atomic E-state index is 13.1. The number of hydrogen-bond donors (Lipinski definition) is 3. The number of anilines is 2. The molecule has 37 heavy (non-hydrogen) atoms. The van der Waals surface area contributed by atoms with Gasteiger partial charge in [0.15, 0.2) is 0 Å². The first-order valence-corrected chi connectivity index (χ1v) is 12.4. The minimum Gasteiger partial charge on any atom is -0.370 e. The number of nitrogens with two attached hydrogens (primary N) is 1. The SMILES string of the molecule is CN(C(=O)c1ccccc1)c1ccc2cc(NC(=O)c3ccc(-c4cn[nH]c4)s3)n(CCC(N)=O)c2c1. The summed E-state index contributed by atoms with van der Waals surface area (Å²) in [5.74, 6) is -0.322. The molecule has 0 bridgehead atoms. The van der Waals surface area contributed by atoms with Crippen LogP contribution in [0.25, 0.3) is 21.3 Å². The molecule has 4 N–H and O–H groups in total. The third-order valence-electron chi connectivity index (χ3n) is 6.04. The summed E-state index contributed by atoms with van der Waals surface area (Å²) in [6.07, 6.45) is 3.57. The number of aromatic amines is 1. The van der Waals surface area contributed by atoms with Gasteiger partial charge in [-0.1, -0.05) is 24.3 Å². The molecule has 3 heterocycles. The lowest BCUT2D eigenvalue weighted by atomic mass is 10.1. The van der Waals surface area contributed by atoms with Crippen LogP contribution in [0.5, 0.6) is 0 Å². The van der Waals surface area contributed by atoms with Gasteiger partial charge in [-0.05, 0) is 42.5 Å². The van der Waals surface area contributed by atoms with Crippen LogP contribution in [0.15, 0.2) is 79.1 Å². The first kappa shape index (κ1) is 24.0. The van der Waals surface area contributed by atoms with Gasteiger partial charge in [-0.3, -0.25) is 19.5 Å². The largest absolute Gasteiger partial charge is 0.370 e. The smallest absolute Gasteiger partial charge is 0.266 e. The summed E-state index contributed by atoms with van der Waals surface area (Å²) >= 11 is 1.36. The van der Waals surface area contributed by atoms with Gasteiger partial charge in [-0.2, -0.15) is 5.10 Å². The highest BCUT2D eigenvalue weighted by Crippen LogP contribution is 2.31. The van der Waals surface area contributed by atoms with Crippen molar-refractivity contribution in [3.8, 4) is 10.4 Å². The van der Waals surface area contributed by atoms with Crippen molar-refractivity contribution in [3.63, 3.8) is 0 Å². The fourth-order valence-corrected chi connectivity index (χ4v) is 4.97. The van der Waals surface area contributed by atoms with Crippen LogP contribution in [0.2, 0.25) is 0 Å². The molecule has 0 aliphatic heterocycles. The molecule has 3 aromatic heterocycles. The third kappa shape index (κ3) is 5.00. The number of H-pyrrole nitrogens is 1. The molecule has 0 radical (unpaired) electrons. The zero-order valence-electron chi connectivity index (χ0n) is 20.0. The van der Waals surface area contributed by atoms with Crippen LogP contribution in [0.4, 0.5) is 11.5 Å². The molecule has 5 aromatic rings. The molecule has 0 atom stereocenters. The molecule has 0 aliphatic carbocycles. The first-order valence-electron chi connectivity index (χ1n) is 11.6. The Hall–Kier alpha value is -4.70. The zero-order valence-corrected chi connectivity index (χ0v) is 20.8. The average molecular weight is 513 g/mol. The zero-order chi connectivity index (χ0) is 25.9. The molecule has 10 heteroatoms. The maximum atomic E-state index is 13.1. The van der Waals surface area contributed by atoms with E-state index >= 15 is 0 Å². The number of benzene rings is 2. The van der Waals surface area contributed by atoms with Crippen LogP contribution >= 0.6 is 11.3 Å². The van der Waals surface area contributed by atoms with Crippen LogP contribution < -0.4 is 16.0 Å². The van der Waals surface area contributed by atoms with Gasteiger partial charge in [-0.25, -0.2) is 0 Å². The van der Waals surface area contributed by atoms with E-state index in [1.54, 1.807) is 42.5 Å². The summed E-state index contributed by atoms with van der Waals surface area (Å²) in [7, 11) is 1.71. The summed E-state index contributed by atoms with van der Waals surface area (Å²) in [6.45, 7) is 0.277. The molecule has 9 nitrogen and oxygen atoms in total. The number of carbonyl (C=O) groups excluding carboxylic acids is 3. The predicted molar refractivity (Wildman–Crippen MR) is 145 cm³/mol. The van der Waals surface area contributed by atoms with E-state index < -0.39 is 5.91 Å². The number of amides is 3. The summed E-state index contributed by atoms with van der Waals surface area (Å²) in [6, 6.07) is 20.1. The number of aryl methyl sites for hydroxylation is 1. The van der Waals surface area contributed by atoms with Gasteiger partial charge < -0.3 is 20.5 Å². The number of aromatic nitrogens is 3. The molecule has 3 amide bonds. The monoisotopic (exact) mass is 512 g/mol. The molecular formula is C27H24N6O3S. The van der Waals surface area contributed by atoms with Crippen molar-refractivity contribution in [2.45, 2.75) is 13.0 Å². The van der Waals surface area contributed by atoms with Crippen molar-refractivity contribution in [1.29, 1.82) is 0 Å². The number of nitrogens with zero attached hydrogens (tertiary/aromatic N) is 3. The molecular weight excluding hydrogens is 488 g/mol. The van der Waals surface area contributed by atoms with Crippen LogP contribution in [-0.2, 0) is 11.3 Å². The Balaban J connectivity index is 1.46. The lowest BCUT2D eigenvalue weighted by molar-refractivity contribution is -0.118. The van der Waals surface area contributed by atoms with E-state index in [4.69, 9.17) is 5.73 Å². The Labute approximate surface area is 216 Å². The normalized spacial score (nSPS) is 10.9. The topological polar surface area (TPSA) is 126 Å². The average Bonchev–Trinajstić information content (AvgIpc) is 3.66. The van der Waals surface area contributed by atoms with Crippen LogP contribution in [0.1, 0.15) is 26.5 Å². The van der Waals surface area contributed by atoms with Crippen molar-refractivity contribution < 1.29 is 14.4 Å². The number of primary amides is 1. The Morgan fingerprint density at radius 2 is 1.89 bits per heavy atom. The second-order valence-corrected chi connectivity index (χ2v) is 9.56. The Kier molecular flexibility index (Phi) is 6.57. The number of nitrogens with one attached hydrogen (secondary N) is 2. The predicted octanol–water partition coefficient (Wildman–Crippen LogP) is 4.50. The highest BCUT2D eigenvalue weighted by molar-refractivity contribution is 7.17. The van der Waals surface area contributed by atoms with Crippen molar-refractivity contribution in [1.82, 2.24) is 14.8 Å². The molecule has 2 aromatic carbocycles. The molecule has 0 fully saturated rings. The van der Waals surface area contributed by atoms with Gasteiger partial charge >= 0.3 is 0 Å². The molecule has 0 spiro atoms. The summed E-state index contributed by atoms with van der Waals surface area (Å²) in [5.41, 5.74) is 8.36. The van der Waals surface area contributed by atoms with E-state index in [1.807, 2.05) is 53.1 Å². The van der Waals surface area contributed by atoms with Gasteiger partial charge in [0.05, 0.1) is 16.6 Å². The highest BCUT2D eigenvalue weighted by atomic mass is 32.1. The number of rotatable bonds is 8. The van der Waals surface area contributed by atoms with Crippen molar-refractivity contribution in [2.75, 3.05) is 17.3 Å². The van der Waals surface area contributed by atoms with E-state index in [1.165, 1.54) is 11.3 Å². The van der Waals surface area contributed by atoms with Gasteiger partial charge in [0.25, 0.3) is 11.8 Å². The first-order chi connectivity index (χ1) is 17.9.